The SMILES string of the molecule is Fc1ccccc1-c1cnc[nH]c1=S. The highest BCUT2D eigenvalue weighted by molar-refractivity contribution is 7.71. The van der Waals surface area contributed by atoms with E-state index < -0.39 is 0 Å². The van der Waals surface area contributed by atoms with Crippen LogP contribution >= 0.6 is 12.2 Å². The van der Waals surface area contributed by atoms with Crippen LogP contribution < -0.4 is 0 Å². The standard InChI is InChI=1S/C10H7FN2S/c11-9-4-2-1-3-7(9)8-5-12-6-13-10(8)14/h1-6H,(H,12,13,14). The Hall–Kier alpha value is -1.55. The number of benzene rings is 1. The number of halogens is 1. The topological polar surface area (TPSA) is 28.7 Å². The summed E-state index contributed by atoms with van der Waals surface area (Å²) in [6, 6.07) is 6.48. The van der Waals surface area contributed by atoms with E-state index in [1.807, 2.05) is 0 Å². The molecule has 1 aromatic carbocycles. The molecule has 0 radical (unpaired) electrons. The number of hydrogen-bond acceptors (Lipinski definition) is 2. The van der Waals surface area contributed by atoms with Gasteiger partial charge in [-0.15, -0.1) is 0 Å². The highest BCUT2D eigenvalue weighted by Gasteiger charge is 2.04. The Kier molecular flexibility index (Phi) is 2.37. The Morgan fingerprint density at radius 2 is 2.00 bits per heavy atom. The molecule has 0 aliphatic heterocycles. The van der Waals surface area contributed by atoms with Gasteiger partial charge >= 0.3 is 0 Å². The van der Waals surface area contributed by atoms with Crippen LogP contribution in [0, 0.1) is 10.5 Å². The average molecular weight is 206 g/mol. The zero-order valence-electron chi connectivity index (χ0n) is 7.20. The van der Waals surface area contributed by atoms with Crippen LogP contribution in [0.4, 0.5) is 4.39 Å². The quantitative estimate of drug-likeness (QED) is 0.727. The normalized spacial score (nSPS) is 10.1. The Balaban J connectivity index is 2.67. The molecule has 4 heteroatoms. The molecule has 0 aliphatic rings. The summed E-state index contributed by atoms with van der Waals surface area (Å²) in [5.74, 6) is -0.292. The van der Waals surface area contributed by atoms with E-state index in [2.05, 4.69) is 9.97 Å². The first-order chi connectivity index (χ1) is 6.79. The first-order valence-electron chi connectivity index (χ1n) is 4.06. The fourth-order valence-corrected chi connectivity index (χ4v) is 1.43. The molecule has 0 fully saturated rings. The van der Waals surface area contributed by atoms with Crippen molar-refractivity contribution in [3.05, 3.63) is 47.2 Å². The summed E-state index contributed by atoms with van der Waals surface area (Å²) in [6.45, 7) is 0. The summed E-state index contributed by atoms with van der Waals surface area (Å²) in [7, 11) is 0. The van der Waals surface area contributed by atoms with Crippen LogP contribution in [-0.2, 0) is 0 Å². The molecule has 0 bridgehead atoms. The number of aromatic amines is 1. The minimum absolute atomic E-state index is 0.292. The molecule has 1 N–H and O–H groups in total. The van der Waals surface area contributed by atoms with Gasteiger partial charge in [-0.2, -0.15) is 0 Å². The summed E-state index contributed by atoms with van der Waals surface area (Å²) in [6.07, 6.45) is 3.03. The van der Waals surface area contributed by atoms with Crippen molar-refractivity contribution in [1.29, 1.82) is 0 Å². The lowest BCUT2D eigenvalue weighted by Gasteiger charge is -2.01. The summed E-state index contributed by atoms with van der Waals surface area (Å²) < 4.78 is 13.9. The third-order valence-electron chi connectivity index (χ3n) is 1.88. The first-order valence-corrected chi connectivity index (χ1v) is 4.47. The molecule has 1 heterocycles. The Morgan fingerprint density at radius 1 is 1.21 bits per heavy atom. The van der Waals surface area contributed by atoms with Crippen molar-refractivity contribution in [2.45, 2.75) is 0 Å². The predicted molar refractivity (Wildman–Crippen MR) is 54.8 cm³/mol. The van der Waals surface area contributed by atoms with Crippen molar-refractivity contribution in [2.75, 3.05) is 0 Å². The lowest BCUT2D eigenvalue weighted by Crippen LogP contribution is -1.87. The van der Waals surface area contributed by atoms with Crippen LogP contribution in [0.3, 0.4) is 0 Å². The molecule has 0 spiro atoms. The molecule has 2 nitrogen and oxygen atoms in total. The summed E-state index contributed by atoms with van der Waals surface area (Å²) in [5.41, 5.74) is 1.09. The Bertz CT molecular complexity index is 507. The predicted octanol–water partition coefficient (Wildman–Crippen LogP) is 2.95. The van der Waals surface area contributed by atoms with E-state index in [0.717, 1.165) is 0 Å². The molecule has 2 rings (SSSR count). The monoisotopic (exact) mass is 206 g/mol. The van der Waals surface area contributed by atoms with E-state index in [4.69, 9.17) is 12.2 Å². The lowest BCUT2D eigenvalue weighted by atomic mass is 10.1. The molecule has 0 saturated carbocycles. The third-order valence-corrected chi connectivity index (χ3v) is 2.22. The number of nitrogens with one attached hydrogen (secondary N) is 1. The van der Waals surface area contributed by atoms with Crippen molar-refractivity contribution >= 4 is 12.2 Å². The van der Waals surface area contributed by atoms with Gasteiger partial charge in [0, 0.05) is 17.3 Å². The van der Waals surface area contributed by atoms with Gasteiger partial charge in [-0.25, -0.2) is 9.37 Å². The van der Waals surface area contributed by atoms with Gasteiger partial charge in [-0.1, -0.05) is 30.4 Å². The number of rotatable bonds is 1. The van der Waals surface area contributed by atoms with Crippen LogP contribution in [0.25, 0.3) is 11.1 Å². The molecule has 1 aromatic heterocycles. The van der Waals surface area contributed by atoms with Crippen molar-refractivity contribution in [3.8, 4) is 11.1 Å². The average Bonchev–Trinajstić information content (AvgIpc) is 2.20. The zero-order valence-corrected chi connectivity index (χ0v) is 8.01. The van der Waals surface area contributed by atoms with Crippen molar-refractivity contribution in [2.24, 2.45) is 0 Å². The molecule has 2 aromatic rings. The fourth-order valence-electron chi connectivity index (χ4n) is 1.22. The van der Waals surface area contributed by atoms with Gasteiger partial charge in [0.25, 0.3) is 0 Å². The van der Waals surface area contributed by atoms with Crippen LogP contribution in [-0.4, -0.2) is 9.97 Å². The van der Waals surface area contributed by atoms with E-state index in [0.29, 0.717) is 15.8 Å². The van der Waals surface area contributed by atoms with E-state index in [9.17, 15) is 4.39 Å². The maximum absolute atomic E-state index is 13.4. The van der Waals surface area contributed by atoms with Crippen molar-refractivity contribution in [3.63, 3.8) is 0 Å². The molecular weight excluding hydrogens is 199 g/mol. The smallest absolute Gasteiger partial charge is 0.131 e. The van der Waals surface area contributed by atoms with Gasteiger partial charge in [0.2, 0.25) is 0 Å². The fraction of sp³-hybridized carbons (Fsp3) is 0. The summed E-state index contributed by atoms with van der Waals surface area (Å²) in [4.78, 5) is 6.64. The summed E-state index contributed by atoms with van der Waals surface area (Å²) >= 11 is 5.03. The van der Waals surface area contributed by atoms with Gasteiger partial charge in [0.05, 0.1) is 6.33 Å². The summed E-state index contributed by atoms with van der Waals surface area (Å²) in [5, 5.41) is 0. The first kappa shape index (κ1) is 9.02. The largest absolute Gasteiger partial charge is 0.337 e. The second-order valence-electron chi connectivity index (χ2n) is 2.77. The van der Waals surface area contributed by atoms with E-state index in [-0.39, 0.29) is 5.82 Å². The molecule has 14 heavy (non-hydrogen) atoms. The lowest BCUT2D eigenvalue weighted by molar-refractivity contribution is 0.631. The van der Waals surface area contributed by atoms with E-state index in [1.165, 1.54) is 12.4 Å². The highest BCUT2D eigenvalue weighted by Crippen LogP contribution is 2.21. The second kappa shape index (κ2) is 3.67. The van der Waals surface area contributed by atoms with Crippen LogP contribution in [0.15, 0.2) is 36.8 Å². The molecule has 0 unspecified atom stereocenters. The zero-order chi connectivity index (χ0) is 9.97. The molecule has 0 aliphatic carbocycles. The number of nitrogens with zero attached hydrogens (tertiary/aromatic N) is 1. The van der Waals surface area contributed by atoms with Crippen molar-refractivity contribution < 1.29 is 4.39 Å². The molecular formula is C10H7FN2S. The third kappa shape index (κ3) is 1.56. The second-order valence-corrected chi connectivity index (χ2v) is 3.18. The minimum Gasteiger partial charge on any atom is -0.337 e. The van der Waals surface area contributed by atoms with Gasteiger partial charge in [-0.3, -0.25) is 0 Å². The Morgan fingerprint density at radius 3 is 2.71 bits per heavy atom. The van der Waals surface area contributed by atoms with Crippen LogP contribution in [0.2, 0.25) is 0 Å². The van der Waals surface area contributed by atoms with Crippen molar-refractivity contribution in [1.82, 2.24) is 9.97 Å². The number of hydrogen-bond donors (Lipinski definition) is 1. The molecule has 0 saturated heterocycles. The molecule has 70 valence electrons. The maximum atomic E-state index is 13.4. The minimum atomic E-state index is -0.292. The van der Waals surface area contributed by atoms with Crippen LogP contribution in [0.1, 0.15) is 0 Å². The molecule has 0 atom stereocenters. The maximum Gasteiger partial charge on any atom is 0.131 e. The molecule has 0 amide bonds. The van der Waals surface area contributed by atoms with Crippen LogP contribution in [0.5, 0.6) is 0 Å². The highest BCUT2D eigenvalue weighted by atomic mass is 32.1. The van der Waals surface area contributed by atoms with Gasteiger partial charge < -0.3 is 4.98 Å². The van der Waals surface area contributed by atoms with E-state index >= 15 is 0 Å². The number of H-pyrrole nitrogens is 1. The van der Waals surface area contributed by atoms with Gasteiger partial charge in [0.15, 0.2) is 0 Å². The number of aromatic nitrogens is 2. The van der Waals surface area contributed by atoms with E-state index in [1.54, 1.807) is 24.4 Å². The Labute approximate surface area is 85.5 Å². The van der Waals surface area contributed by atoms with Gasteiger partial charge in [0.1, 0.15) is 10.5 Å². The van der Waals surface area contributed by atoms with Gasteiger partial charge in [-0.05, 0) is 6.07 Å².